The Labute approximate surface area is 196 Å². The van der Waals surface area contributed by atoms with Crippen LogP contribution in [0.25, 0.3) is 17.0 Å². The molecule has 0 aliphatic heterocycles. The third-order valence-electron chi connectivity index (χ3n) is 5.48. The molecule has 0 bridgehead atoms. The van der Waals surface area contributed by atoms with Crippen LogP contribution in [0.15, 0.2) is 34.6 Å². The fourth-order valence-corrected chi connectivity index (χ4v) is 4.65. The number of ether oxygens (including phenoxy) is 1. The van der Waals surface area contributed by atoms with Crippen LogP contribution in [-0.2, 0) is 16.0 Å². The summed E-state index contributed by atoms with van der Waals surface area (Å²) in [5, 5.41) is 3.19. The maximum atomic E-state index is 15.1. The van der Waals surface area contributed by atoms with Crippen molar-refractivity contribution in [3.05, 3.63) is 67.7 Å². The average molecular weight is 469 g/mol. The smallest absolute Gasteiger partial charge is 0.331 e. The van der Waals surface area contributed by atoms with Crippen LogP contribution < -0.4 is 5.43 Å². The summed E-state index contributed by atoms with van der Waals surface area (Å²) in [6, 6.07) is 3.38. The van der Waals surface area contributed by atoms with Crippen LogP contribution in [0.1, 0.15) is 81.2 Å². The summed E-state index contributed by atoms with van der Waals surface area (Å²) >= 11 is 1.53. The summed E-state index contributed by atoms with van der Waals surface area (Å²) in [5.74, 6) is -0.620. The second-order valence-electron chi connectivity index (χ2n) is 9.88. The topological polar surface area (TPSA) is 61.2 Å². The predicted molar refractivity (Wildman–Crippen MR) is 130 cm³/mol. The number of esters is 1. The molecule has 174 valence electrons. The van der Waals surface area contributed by atoms with Crippen molar-refractivity contribution < 1.29 is 13.9 Å². The number of carbonyl (C=O) groups is 1. The number of aromatic nitrogens is 2. The molecule has 0 amide bonds. The van der Waals surface area contributed by atoms with E-state index in [0.29, 0.717) is 34.4 Å². The van der Waals surface area contributed by atoms with Gasteiger partial charge >= 0.3 is 5.97 Å². The van der Waals surface area contributed by atoms with E-state index in [2.05, 4.69) is 18.8 Å². The van der Waals surface area contributed by atoms with E-state index in [1.807, 2.05) is 9.95 Å². The van der Waals surface area contributed by atoms with E-state index in [0.717, 1.165) is 23.5 Å². The quantitative estimate of drug-likeness (QED) is 0.329. The SMILES string of the molecule is CC(C)c1csc(Cc2cc3c(cc2F)c(=O)c(C=CC(=O)OC(C)(C)C)cn3C2CC2)n1. The molecule has 0 N–H and O–H groups in total. The summed E-state index contributed by atoms with van der Waals surface area (Å²) in [4.78, 5) is 29.8. The van der Waals surface area contributed by atoms with E-state index in [4.69, 9.17) is 4.74 Å². The maximum Gasteiger partial charge on any atom is 0.331 e. The molecule has 5 nitrogen and oxygen atoms in total. The number of carbonyl (C=O) groups excluding carboxylic acids is 1. The van der Waals surface area contributed by atoms with Crippen LogP contribution in [-0.4, -0.2) is 21.1 Å². The van der Waals surface area contributed by atoms with Gasteiger partial charge in [0.25, 0.3) is 0 Å². The van der Waals surface area contributed by atoms with Crippen LogP contribution in [0.5, 0.6) is 0 Å². The summed E-state index contributed by atoms with van der Waals surface area (Å²) in [6.45, 7) is 9.51. The molecule has 0 atom stereocenters. The van der Waals surface area contributed by atoms with Gasteiger partial charge in [0.05, 0.1) is 16.2 Å². The first-order valence-electron chi connectivity index (χ1n) is 11.2. The molecule has 1 fully saturated rings. The number of nitrogens with zero attached hydrogens (tertiary/aromatic N) is 2. The lowest BCUT2D eigenvalue weighted by Gasteiger charge is -2.18. The van der Waals surface area contributed by atoms with Gasteiger partial charge in [-0.3, -0.25) is 4.79 Å². The number of benzene rings is 1. The number of fused-ring (bicyclic) bond motifs is 1. The Bertz CT molecular complexity index is 1290. The van der Waals surface area contributed by atoms with Gasteiger partial charge < -0.3 is 9.30 Å². The van der Waals surface area contributed by atoms with Crippen LogP contribution >= 0.6 is 11.3 Å². The predicted octanol–water partition coefficient (Wildman–Crippen LogP) is 6.00. The molecule has 1 saturated carbocycles. The molecule has 7 heteroatoms. The van der Waals surface area contributed by atoms with Crippen LogP contribution in [0, 0.1) is 5.82 Å². The number of hydrogen-bond donors (Lipinski definition) is 0. The van der Waals surface area contributed by atoms with Gasteiger partial charge in [0, 0.05) is 41.1 Å². The molecule has 0 spiro atoms. The molecular weight excluding hydrogens is 439 g/mol. The Kier molecular flexibility index (Phi) is 6.27. The maximum absolute atomic E-state index is 15.1. The Balaban J connectivity index is 1.73. The van der Waals surface area contributed by atoms with Gasteiger partial charge in [-0.05, 0) is 63.3 Å². The zero-order valence-corrected chi connectivity index (χ0v) is 20.5. The Morgan fingerprint density at radius 1 is 1.33 bits per heavy atom. The highest BCUT2D eigenvalue weighted by atomic mass is 32.1. The normalized spacial score (nSPS) is 14.5. The fraction of sp³-hybridized carbons (Fsp3) is 0.423. The largest absolute Gasteiger partial charge is 0.457 e. The first kappa shape index (κ1) is 23.4. The third kappa shape index (κ3) is 5.41. The molecule has 0 unspecified atom stereocenters. The van der Waals surface area contributed by atoms with Crippen molar-refractivity contribution in [1.29, 1.82) is 0 Å². The van der Waals surface area contributed by atoms with Crippen molar-refractivity contribution in [3.8, 4) is 0 Å². The van der Waals surface area contributed by atoms with Crippen LogP contribution in [0.4, 0.5) is 4.39 Å². The highest BCUT2D eigenvalue weighted by molar-refractivity contribution is 7.09. The van der Waals surface area contributed by atoms with E-state index < -0.39 is 17.4 Å². The lowest BCUT2D eigenvalue weighted by atomic mass is 10.0. The molecular formula is C26H29FN2O3S. The zero-order valence-electron chi connectivity index (χ0n) is 19.6. The van der Waals surface area contributed by atoms with E-state index in [9.17, 15) is 9.59 Å². The van der Waals surface area contributed by atoms with Gasteiger partial charge in [-0.15, -0.1) is 11.3 Å². The zero-order chi connectivity index (χ0) is 23.9. The second-order valence-corrected chi connectivity index (χ2v) is 10.8. The van der Waals surface area contributed by atoms with Gasteiger partial charge in [0.15, 0.2) is 5.43 Å². The molecule has 2 heterocycles. The lowest BCUT2D eigenvalue weighted by molar-refractivity contribution is -0.148. The molecule has 1 aliphatic carbocycles. The standard InChI is InChI=1S/C26H29FN2O3S/c1-15(2)21-14-33-23(28-21)11-17-10-22-19(12-20(17)27)25(31)16(13-29(22)18-7-8-18)6-9-24(30)32-26(3,4)5/h6,9-10,12-15,18H,7-8,11H2,1-5H3. The summed E-state index contributed by atoms with van der Waals surface area (Å²) in [5.41, 5.74) is 1.67. The van der Waals surface area contributed by atoms with Crippen molar-refractivity contribution in [1.82, 2.24) is 9.55 Å². The van der Waals surface area contributed by atoms with Crippen molar-refractivity contribution >= 4 is 34.3 Å². The van der Waals surface area contributed by atoms with Gasteiger partial charge in [-0.2, -0.15) is 0 Å². The average Bonchev–Trinajstić information content (AvgIpc) is 3.45. The Morgan fingerprint density at radius 3 is 2.67 bits per heavy atom. The van der Waals surface area contributed by atoms with E-state index in [1.54, 1.807) is 33.0 Å². The van der Waals surface area contributed by atoms with E-state index in [-0.39, 0.29) is 11.5 Å². The van der Waals surface area contributed by atoms with Crippen molar-refractivity contribution in [2.75, 3.05) is 0 Å². The summed E-state index contributed by atoms with van der Waals surface area (Å²) < 4.78 is 22.4. The number of rotatable bonds is 6. The summed E-state index contributed by atoms with van der Waals surface area (Å²) in [7, 11) is 0. The van der Waals surface area contributed by atoms with Gasteiger partial charge in [-0.1, -0.05) is 13.8 Å². The number of pyridine rings is 1. The molecule has 4 rings (SSSR count). The highest BCUT2D eigenvalue weighted by Gasteiger charge is 2.26. The number of thiazole rings is 1. The molecule has 0 radical (unpaired) electrons. The third-order valence-corrected chi connectivity index (χ3v) is 6.34. The van der Waals surface area contributed by atoms with Crippen LogP contribution in [0.2, 0.25) is 0 Å². The molecule has 1 aliphatic rings. The van der Waals surface area contributed by atoms with Gasteiger partial charge in [0.1, 0.15) is 11.4 Å². The Morgan fingerprint density at radius 2 is 2.06 bits per heavy atom. The van der Waals surface area contributed by atoms with Crippen molar-refractivity contribution in [2.45, 2.75) is 71.4 Å². The summed E-state index contributed by atoms with van der Waals surface area (Å²) in [6.07, 6.45) is 6.88. The van der Waals surface area contributed by atoms with Crippen LogP contribution in [0.3, 0.4) is 0 Å². The number of hydrogen-bond acceptors (Lipinski definition) is 5. The monoisotopic (exact) mass is 468 g/mol. The minimum Gasteiger partial charge on any atom is -0.457 e. The molecule has 33 heavy (non-hydrogen) atoms. The minimum absolute atomic E-state index is 0.271. The first-order chi connectivity index (χ1) is 15.5. The molecule has 2 aromatic heterocycles. The first-order valence-corrected chi connectivity index (χ1v) is 12.1. The molecule has 3 aromatic rings. The lowest BCUT2D eigenvalue weighted by Crippen LogP contribution is -2.22. The second kappa shape index (κ2) is 8.86. The minimum atomic E-state index is -0.619. The number of halogens is 1. The fourth-order valence-electron chi connectivity index (χ4n) is 3.67. The Hall–Kier alpha value is -2.80. The van der Waals surface area contributed by atoms with Crippen molar-refractivity contribution in [3.63, 3.8) is 0 Å². The van der Waals surface area contributed by atoms with Gasteiger partial charge in [-0.25, -0.2) is 14.2 Å². The van der Waals surface area contributed by atoms with E-state index in [1.165, 1.54) is 29.6 Å². The van der Waals surface area contributed by atoms with Gasteiger partial charge in [0.2, 0.25) is 0 Å². The highest BCUT2D eigenvalue weighted by Crippen LogP contribution is 2.37. The van der Waals surface area contributed by atoms with E-state index >= 15 is 4.39 Å². The molecule has 0 saturated heterocycles. The van der Waals surface area contributed by atoms with Crippen molar-refractivity contribution in [2.24, 2.45) is 0 Å². The molecule has 1 aromatic carbocycles.